The minimum absolute atomic E-state index is 0.0759. The number of rotatable bonds is 9. The third kappa shape index (κ3) is 7.18. The zero-order valence-corrected chi connectivity index (χ0v) is 12.3. The summed E-state index contributed by atoms with van der Waals surface area (Å²) in [7, 11) is -3.30. The van der Waals surface area contributed by atoms with E-state index >= 15 is 0 Å². The molecule has 0 aliphatic heterocycles. The van der Waals surface area contributed by atoms with E-state index in [1.807, 2.05) is 18.2 Å². The van der Waals surface area contributed by atoms with Gasteiger partial charge < -0.3 is 4.74 Å². The van der Waals surface area contributed by atoms with Crippen molar-refractivity contribution >= 4 is 10.0 Å². The summed E-state index contributed by atoms with van der Waals surface area (Å²) >= 11 is 0. The zero-order valence-electron chi connectivity index (χ0n) is 11.5. The molecule has 1 rings (SSSR count). The van der Waals surface area contributed by atoms with Gasteiger partial charge >= 0.3 is 0 Å². The number of hydrogen-bond donors (Lipinski definition) is 1. The molecule has 4 nitrogen and oxygen atoms in total. The van der Waals surface area contributed by atoms with Crippen LogP contribution in [0.1, 0.15) is 38.2 Å². The number of nitrogens with two attached hydrogens (primary N) is 1. The smallest absolute Gasteiger partial charge is 0.209 e. The van der Waals surface area contributed by atoms with Crippen molar-refractivity contribution < 1.29 is 13.2 Å². The normalized spacial score (nSPS) is 11.5. The van der Waals surface area contributed by atoms with Crippen LogP contribution in [0.2, 0.25) is 0 Å². The Balaban J connectivity index is 2.14. The summed E-state index contributed by atoms with van der Waals surface area (Å²) in [5.74, 6) is 1.03. The summed E-state index contributed by atoms with van der Waals surface area (Å²) in [6, 6.07) is 8.04. The second-order valence-corrected chi connectivity index (χ2v) is 6.32. The van der Waals surface area contributed by atoms with Crippen molar-refractivity contribution in [3.63, 3.8) is 0 Å². The Bertz CT molecular complexity index is 471. The van der Waals surface area contributed by atoms with Crippen LogP contribution in [0.4, 0.5) is 0 Å². The molecule has 0 saturated carbocycles. The largest absolute Gasteiger partial charge is 0.493 e. The summed E-state index contributed by atoms with van der Waals surface area (Å²) in [6.07, 6.45) is 4.36. The number of para-hydroxylation sites is 1. The molecule has 0 saturated heterocycles. The second-order valence-electron chi connectivity index (χ2n) is 4.59. The number of benzene rings is 1. The zero-order chi connectivity index (χ0) is 14.1. The Labute approximate surface area is 116 Å². The maximum atomic E-state index is 10.7. The van der Waals surface area contributed by atoms with Gasteiger partial charge in [-0.2, -0.15) is 0 Å². The van der Waals surface area contributed by atoms with Gasteiger partial charge in [0.15, 0.2) is 0 Å². The maximum absolute atomic E-state index is 10.7. The molecule has 0 fully saturated rings. The van der Waals surface area contributed by atoms with Crippen LogP contribution in [0.15, 0.2) is 24.3 Å². The molecule has 19 heavy (non-hydrogen) atoms. The minimum atomic E-state index is -3.30. The molecule has 0 aliphatic carbocycles. The number of ether oxygens (including phenoxy) is 1. The molecule has 108 valence electrons. The quantitative estimate of drug-likeness (QED) is 0.709. The highest BCUT2D eigenvalue weighted by atomic mass is 32.2. The van der Waals surface area contributed by atoms with Crippen molar-refractivity contribution in [3.05, 3.63) is 29.8 Å². The van der Waals surface area contributed by atoms with Gasteiger partial charge in [0.25, 0.3) is 0 Å². The fourth-order valence-corrected chi connectivity index (χ4v) is 2.48. The number of aryl methyl sites for hydroxylation is 1. The van der Waals surface area contributed by atoms with Crippen molar-refractivity contribution in [3.8, 4) is 5.75 Å². The monoisotopic (exact) mass is 285 g/mol. The highest BCUT2D eigenvalue weighted by Gasteiger charge is 2.02. The Kier molecular flexibility index (Phi) is 6.87. The standard InChI is InChI=1S/C14H23NO3S/c1-2-13-9-5-6-10-14(13)18-11-7-3-4-8-12-19(15,16)17/h5-6,9-10H,2-4,7-8,11-12H2,1H3,(H2,15,16,17). The highest BCUT2D eigenvalue weighted by molar-refractivity contribution is 7.89. The fraction of sp³-hybridized carbons (Fsp3) is 0.571. The van der Waals surface area contributed by atoms with Crippen molar-refractivity contribution in [1.29, 1.82) is 0 Å². The van der Waals surface area contributed by atoms with Gasteiger partial charge in [0, 0.05) is 0 Å². The maximum Gasteiger partial charge on any atom is 0.209 e. The van der Waals surface area contributed by atoms with Gasteiger partial charge in [-0.15, -0.1) is 0 Å². The first-order chi connectivity index (χ1) is 9.03. The topological polar surface area (TPSA) is 69.4 Å². The third-order valence-corrected chi connectivity index (χ3v) is 3.79. The van der Waals surface area contributed by atoms with E-state index in [1.165, 1.54) is 5.56 Å². The van der Waals surface area contributed by atoms with E-state index in [2.05, 4.69) is 13.0 Å². The van der Waals surface area contributed by atoms with Gasteiger partial charge in [-0.3, -0.25) is 0 Å². The summed E-state index contributed by atoms with van der Waals surface area (Å²) in [5.41, 5.74) is 1.22. The average molecular weight is 285 g/mol. The molecule has 1 aromatic carbocycles. The van der Waals surface area contributed by atoms with Crippen molar-refractivity contribution in [1.82, 2.24) is 0 Å². The molecule has 0 aliphatic rings. The average Bonchev–Trinajstić information content (AvgIpc) is 2.37. The predicted molar refractivity (Wildman–Crippen MR) is 77.8 cm³/mol. The number of sulfonamides is 1. The Hall–Kier alpha value is -1.07. The van der Waals surface area contributed by atoms with Gasteiger partial charge in [-0.1, -0.05) is 38.0 Å². The lowest BCUT2D eigenvalue weighted by Crippen LogP contribution is -2.16. The van der Waals surface area contributed by atoms with E-state index in [0.29, 0.717) is 13.0 Å². The van der Waals surface area contributed by atoms with Crippen molar-refractivity contribution in [2.45, 2.75) is 39.0 Å². The van der Waals surface area contributed by atoms with Crippen molar-refractivity contribution in [2.75, 3.05) is 12.4 Å². The van der Waals surface area contributed by atoms with Gasteiger partial charge in [-0.05, 0) is 30.9 Å². The molecule has 2 N–H and O–H groups in total. The van der Waals surface area contributed by atoms with Crippen LogP contribution in [0.25, 0.3) is 0 Å². The van der Waals surface area contributed by atoms with Crippen LogP contribution in [0.3, 0.4) is 0 Å². The van der Waals surface area contributed by atoms with Crippen LogP contribution in [0, 0.1) is 0 Å². The Morgan fingerprint density at radius 3 is 2.47 bits per heavy atom. The first-order valence-corrected chi connectivity index (χ1v) is 8.45. The van der Waals surface area contributed by atoms with Gasteiger partial charge in [0.2, 0.25) is 10.0 Å². The fourth-order valence-electron chi connectivity index (χ4n) is 1.88. The first kappa shape index (κ1) is 16.0. The summed E-state index contributed by atoms with van der Waals surface area (Å²) in [4.78, 5) is 0. The summed E-state index contributed by atoms with van der Waals surface area (Å²) in [5, 5.41) is 4.93. The van der Waals surface area contributed by atoms with Gasteiger partial charge in [0.05, 0.1) is 12.4 Å². The lowest BCUT2D eigenvalue weighted by Gasteiger charge is -2.09. The van der Waals surface area contributed by atoms with Gasteiger partial charge in [-0.25, -0.2) is 13.6 Å². The molecule has 0 spiro atoms. The minimum Gasteiger partial charge on any atom is -0.493 e. The van der Waals surface area contributed by atoms with E-state index < -0.39 is 10.0 Å². The highest BCUT2D eigenvalue weighted by Crippen LogP contribution is 2.18. The molecular formula is C14H23NO3S. The van der Waals surface area contributed by atoms with Gasteiger partial charge in [0.1, 0.15) is 5.75 Å². The van der Waals surface area contributed by atoms with Crippen LogP contribution < -0.4 is 9.88 Å². The summed E-state index contributed by atoms with van der Waals surface area (Å²) < 4.78 is 27.2. The Morgan fingerprint density at radius 1 is 1.11 bits per heavy atom. The molecule has 0 atom stereocenters. The number of hydrogen-bond acceptors (Lipinski definition) is 3. The van der Waals surface area contributed by atoms with Crippen LogP contribution >= 0.6 is 0 Å². The van der Waals surface area contributed by atoms with Crippen molar-refractivity contribution in [2.24, 2.45) is 5.14 Å². The number of unbranched alkanes of at least 4 members (excludes halogenated alkanes) is 3. The molecule has 1 aromatic rings. The van der Waals surface area contributed by atoms with E-state index in [0.717, 1.165) is 31.4 Å². The van der Waals surface area contributed by atoms with Crippen LogP contribution in [0.5, 0.6) is 5.75 Å². The molecule has 0 radical (unpaired) electrons. The lowest BCUT2D eigenvalue weighted by molar-refractivity contribution is 0.302. The molecule has 5 heteroatoms. The summed E-state index contributed by atoms with van der Waals surface area (Å²) in [6.45, 7) is 2.78. The lowest BCUT2D eigenvalue weighted by atomic mass is 10.1. The second kappa shape index (κ2) is 8.17. The molecule has 0 amide bonds. The molecular weight excluding hydrogens is 262 g/mol. The van der Waals surface area contributed by atoms with E-state index in [4.69, 9.17) is 9.88 Å². The van der Waals surface area contributed by atoms with E-state index in [9.17, 15) is 8.42 Å². The molecule has 0 unspecified atom stereocenters. The Morgan fingerprint density at radius 2 is 1.79 bits per heavy atom. The first-order valence-electron chi connectivity index (χ1n) is 6.74. The predicted octanol–water partition coefficient (Wildman–Crippen LogP) is 2.48. The molecule has 0 bridgehead atoms. The number of primary sulfonamides is 1. The van der Waals surface area contributed by atoms with Crippen LogP contribution in [-0.4, -0.2) is 20.8 Å². The van der Waals surface area contributed by atoms with Crippen LogP contribution in [-0.2, 0) is 16.4 Å². The van der Waals surface area contributed by atoms with E-state index in [1.54, 1.807) is 0 Å². The third-order valence-electron chi connectivity index (χ3n) is 2.93. The van der Waals surface area contributed by atoms with E-state index in [-0.39, 0.29) is 5.75 Å². The SMILES string of the molecule is CCc1ccccc1OCCCCCCS(N)(=O)=O. The molecule has 0 aromatic heterocycles. The molecule has 0 heterocycles.